The predicted molar refractivity (Wildman–Crippen MR) is 107 cm³/mol. The second kappa shape index (κ2) is 8.27. The van der Waals surface area contributed by atoms with Crippen molar-refractivity contribution in [2.45, 2.75) is 5.03 Å². The number of carbonyl (C=O) groups excluding carboxylic acids is 1. The van der Waals surface area contributed by atoms with E-state index in [9.17, 15) is 4.79 Å². The molecule has 0 atom stereocenters. The standard InChI is InChI=1S/C19H16BrN3OS/c1-2-11-21-17(24)12-25-19-15-5-3-4-6-16(15)22-18(23-19)13-7-9-14(20)10-8-13/h2-10H,1,11-12H2,(H,21,24). The molecule has 0 bridgehead atoms. The van der Waals surface area contributed by atoms with Crippen LogP contribution in [0.2, 0.25) is 0 Å². The van der Waals surface area contributed by atoms with Gasteiger partial charge in [0.2, 0.25) is 5.91 Å². The fraction of sp³-hybridized carbons (Fsp3) is 0.105. The van der Waals surface area contributed by atoms with E-state index in [1.807, 2.05) is 48.5 Å². The molecule has 0 spiro atoms. The molecular weight excluding hydrogens is 398 g/mol. The first kappa shape index (κ1) is 17.6. The van der Waals surface area contributed by atoms with Crippen LogP contribution in [0.4, 0.5) is 0 Å². The van der Waals surface area contributed by atoms with Crippen molar-refractivity contribution in [2.24, 2.45) is 0 Å². The van der Waals surface area contributed by atoms with Crippen LogP contribution in [0.3, 0.4) is 0 Å². The number of halogens is 1. The quantitative estimate of drug-likeness (QED) is 0.368. The molecule has 0 radical (unpaired) electrons. The molecule has 1 heterocycles. The zero-order chi connectivity index (χ0) is 17.6. The second-order valence-corrected chi connectivity index (χ2v) is 7.14. The van der Waals surface area contributed by atoms with Gasteiger partial charge >= 0.3 is 0 Å². The van der Waals surface area contributed by atoms with Crippen LogP contribution in [0.5, 0.6) is 0 Å². The van der Waals surface area contributed by atoms with Crippen LogP contribution in [0, 0.1) is 0 Å². The Kier molecular flexibility index (Phi) is 5.83. The Morgan fingerprint density at radius 2 is 1.92 bits per heavy atom. The molecule has 2 aromatic carbocycles. The summed E-state index contributed by atoms with van der Waals surface area (Å²) in [6.07, 6.45) is 1.66. The van der Waals surface area contributed by atoms with Crippen LogP contribution >= 0.6 is 27.7 Å². The average Bonchev–Trinajstić information content (AvgIpc) is 2.64. The number of para-hydroxylation sites is 1. The van der Waals surface area contributed by atoms with Crippen LogP contribution in [0.1, 0.15) is 0 Å². The first-order valence-corrected chi connectivity index (χ1v) is 9.48. The summed E-state index contributed by atoms with van der Waals surface area (Å²) in [5.74, 6) is 0.909. The van der Waals surface area contributed by atoms with Gasteiger partial charge in [0.15, 0.2) is 5.82 Å². The highest BCUT2D eigenvalue weighted by molar-refractivity contribution is 9.10. The van der Waals surface area contributed by atoms with Gasteiger partial charge in [0.05, 0.1) is 11.3 Å². The van der Waals surface area contributed by atoms with Crippen LogP contribution in [0.15, 0.2) is 70.7 Å². The number of hydrogen-bond acceptors (Lipinski definition) is 4. The minimum atomic E-state index is -0.0437. The van der Waals surface area contributed by atoms with E-state index >= 15 is 0 Å². The molecule has 0 unspecified atom stereocenters. The Bertz CT molecular complexity index is 912. The molecule has 0 aliphatic heterocycles. The van der Waals surface area contributed by atoms with Crippen molar-refractivity contribution in [1.82, 2.24) is 15.3 Å². The number of nitrogens with zero attached hydrogens (tertiary/aromatic N) is 2. The molecule has 0 aliphatic rings. The zero-order valence-corrected chi connectivity index (χ0v) is 15.8. The van der Waals surface area contributed by atoms with Gasteiger partial charge in [0, 0.05) is 22.0 Å². The zero-order valence-electron chi connectivity index (χ0n) is 13.4. The highest BCUT2D eigenvalue weighted by Gasteiger charge is 2.11. The predicted octanol–water partition coefficient (Wildman–Crippen LogP) is 4.45. The van der Waals surface area contributed by atoms with Gasteiger partial charge in [0.25, 0.3) is 0 Å². The van der Waals surface area contributed by atoms with Gasteiger partial charge in [-0.15, -0.1) is 6.58 Å². The van der Waals surface area contributed by atoms with Gasteiger partial charge in [-0.05, 0) is 18.2 Å². The minimum absolute atomic E-state index is 0.0437. The van der Waals surface area contributed by atoms with Gasteiger partial charge in [-0.1, -0.05) is 64.1 Å². The van der Waals surface area contributed by atoms with Gasteiger partial charge < -0.3 is 5.32 Å². The van der Waals surface area contributed by atoms with Gasteiger partial charge in [-0.2, -0.15) is 0 Å². The maximum atomic E-state index is 11.9. The lowest BCUT2D eigenvalue weighted by Crippen LogP contribution is -2.24. The molecular formula is C19H16BrN3OS. The Morgan fingerprint density at radius 1 is 1.16 bits per heavy atom. The number of carbonyl (C=O) groups is 1. The summed E-state index contributed by atoms with van der Waals surface area (Å²) in [6, 6.07) is 15.7. The third-order valence-electron chi connectivity index (χ3n) is 3.45. The number of thioether (sulfide) groups is 1. The van der Waals surface area contributed by atoms with E-state index in [2.05, 4.69) is 37.8 Å². The van der Waals surface area contributed by atoms with Crippen LogP contribution in [0.25, 0.3) is 22.3 Å². The first-order valence-electron chi connectivity index (χ1n) is 7.70. The average molecular weight is 414 g/mol. The number of fused-ring (bicyclic) bond motifs is 1. The minimum Gasteiger partial charge on any atom is -0.352 e. The number of amides is 1. The fourth-order valence-corrected chi connectivity index (χ4v) is 3.37. The third kappa shape index (κ3) is 4.46. The van der Waals surface area contributed by atoms with Gasteiger partial charge in [0.1, 0.15) is 5.03 Å². The third-order valence-corrected chi connectivity index (χ3v) is 4.97. The summed E-state index contributed by atoms with van der Waals surface area (Å²) in [5, 5.41) is 4.53. The molecule has 3 rings (SSSR count). The van der Waals surface area contributed by atoms with E-state index < -0.39 is 0 Å². The number of benzene rings is 2. The SMILES string of the molecule is C=CCNC(=O)CSc1nc(-c2ccc(Br)cc2)nc2ccccc12. The summed E-state index contributed by atoms with van der Waals surface area (Å²) in [4.78, 5) is 21.2. The Labute approximate surface area is 158 Å². The van der Waals surface area contributed by atoms with E-state index in [4.69, 9.17) is 0 Å². The molecule has 25 heavy (non-hydrogen) atoms. The van der Waals surface area contributed by atoms with Crippen LogP contribution in [-0.4, -0.2) is 28.2 Å². The lowest BCUT2D eigenvalue weighted by Gasteiger charge is -2.09. The second-order valence-electron chi connectivity index (χ2n) is 5.26. The molecule has 0 aliphatic carbocycles. The highest BCUT2D eigenvalue weighted by atomic mass is 79.9. The summed E-state index contributed by atoms with van der Waals surface area (Å²) in [5.41, 5.74) is 1.80. The van der Waals surface area contributed by atoms with Crippen molar-refractivity contribution in [3.05, 3.63) is 65.7 Å². The fourth-order valence-electron chi connectivity index (χ4n) is 2.26. The normalized spacial score (nSPS) is 10.6. The molecule has 1 N–H and O–H groups in total. The number of hydrogen-bond donors (Lipinski definition) is 1. The maximum Gasteiger partial charge on any atom is 0.230 e. The Balaban J connectivity index is 1.94. The van der Waals surface area contributed by atoms with Crippen molar-refractivity contribution in [3.63, 3.8) is 0 Å². The van der Waals surface area contributed by atoms with Crippen molar-refractivity contribution in [3.8, 4) is 11.4 Å². The molecule has 0 saturated carbocycles. The van der Waals surface area contributed by atoms with E-state index in [1.165, 1.54) is 11.8 Å². The first-order chi connectivity index (χ1) is 12.2. The molecule has 0 saturated heterocycles. The lowest BCUT2D eigenvalue weighted by atomic mass is 10.2. The van der Waals surface area contributed by atoms with E-state index in [1.54, 1.807) is 6.08 Å². The maximum absolute atomic E-state index is 11.9. The van der Waals surface area contributed by atoms with Crippen molar-refractivity contribution in [2.75, 3.05) is 12.3 Å². The number of nitrogens with one attached hydrogen (secondary N) is 1. The van der Waals surface area contributed by atoms with Crippen molar-refractivity contribution >= 4 is 44.5 Å². The molecule has 1 aromatic heterocycles. The van der Waals surface area contributed by atoms with Gasteiger partial charge in [-0.3, -0.25) is 4.79 Å². The lowest BCUT2D eigenvalue weighted by molar-refractivity contribution is -0.118. The highest BCUT2D eigenvalue weighted by Crippen LogP contribution is 2.28. The largest absolute Gasteiger partial charge is 0.352 e. The molecule has 4 nitrogen and oxygen atoms in total. The smallest absolute Gasteiger partial charge is 0.230 e. The molecule has 0 fully saturated rings. The van der Waals surface area contributed by atoms with E-state index in [0.717, 1.165) is 26.0 Å². The Morgan fingerprint density at radius 3 is 2.68 bits per heavy atom. The molecule has 3 aromatic rings. The van der Waals surface area contributed by atoms with Gasteiger partial charge in [-0.25, -0.2) is 9.97 Å². The molecule has 126 valence electrons. The number of rotatable bonds is 6. The summed E-state index contributed by atoms with van der Waals surface area (Å²) in [6.45, 7) is 4.06. The molecule has 1 amide bonds. The molecule has 6 heteroatoms. The Hall–Kier alpha value is -2.18. The van der Waals surface area contributed by atoms with E-state index in [-0.39, 0.29) is 5.91 Å². The van der Waals surface area contributed by atoms with Crippen molar-refractivity contribution in [1.29, 1.82) is 0 Å². The number of aromatic nitrogens is 2. The summed E-state index contributed by atoms with van der Waals surface area (Å²) >= 11 is 4.85. The van der Waals surface area contributed by atoms with Crippen LogP contribution in [-0.2, 0) is 4.79 Å². The van der Waals surface area contributed by atoms with Crippen LogP contribution < -0.4 is 5.32 Å². The summed E-state index contributed by atoms with van der Waals surface area (Å²) in [7, 11) is 0. The summed E-state index contributed by atoms with van der Waals surface area (Å²) < 4.78 is 1.01. The van der Waals surface area contributed by atoms with E-state index in [0.29, 0.717) is 18.1 Å². The van der Waals surface area contributed by atoms with Crippen molar-refractivity contribution < 1.29 is 4.79 Å². The monoisotopic (exact) mass is 413 g/mol. The topological polar surface area (TPSA) is 54.9 Å².